The number of hydrogen-bond acceptors (Lipinski definition) is 2. The normalized spacial score (nSPS) is 10.3. The average Bonchev–Trinajstić information content (AvgIpc) is 2.28. The van der Waals surface area contributed by atoms with E-state index in [1.54, 1.807) is 6.07 Å². The van der Waals surface area contributed by atoms with Crippen LogP contribution in [-0.2, 0) is 6.54 Å². The van der Waals surface area contributed by atoms with Crippen LogP contribution in [0.3, 0.4) is 0 Å². The molecule has 0 heterocycles. The zero-order chi connectivity index (χ0) is 12.7. The Morgan fingerprint density at radius 1 is 1.53 bits per heavy atom. The molecule has 0 aliphatic carbocycles. The highest BCUT2D eigenvalue weighted by Crippen LogP contribution is 2.19. The van der Waals surface area contributed by atoms with E-state index in [1.165, 1.54) is 6.07 Å². The summed E-state index contributed by atoms with van der Waals surface area (Å²) in [5.74, 6) is -0.176. The van der Waals surface area contributed by atoms with Crippen LogP contribution in [0.4, 0.5) is 4.39 Å². The molecule has 0 radical (unpaired) electrons. The molecule has 0 fully saturated rings. The van der Waals surface area contributed by atoms with Crippen LogP contribution in [-0.4, -0.2) is 13.2 Å². The van der Waals surface area contributed by atoms with Crippen molar-refractivity contribution < 1.29 is 9.13 Å². The highest BCUT2D eigenvalue weighted by Gasteiger charge is 2.04. The fourth-order valence-electron chi connectivity index (χ4n) is 1.34. The van der Waals surface area contributed by atoms with Crippen molar-refractivity contribution in [1.29, 1.82) is 0 Å². The summed E-state index contributed by atoms with van der Waals surface area (Å²) in [5.41, 5.74) is 0.896. The van der Waals surface area contributed by atoms with E-state index in [4.69, 9.17) is 16.3 Å². The number of hydrogen-bond donors (Lipinski definition) is 1. The van der Waals surface area contributed by atoms with Gasteiger partial charge in [0.15, 0.2) is 11.6 Å². The molecule has 0 aliphatic heterocycles. The van der Waals surface area contributed by atoms with Crippen LogP contribution in [0.1, 0.15) is 18.9 Å². The third-order valence-corrected chi connectivity index (χ3v) is 2.25. The molecule has 1 N–H and O–H groups in total. The summed E-state index contributed by atoms with van der Waals surface area (Å²) in [6.07, 6.45) is 1.06. The molecule has 0 bridgehead atoms. The molecule has 1 rings (SSSR count). The Morgan fingerprint density at radius 3 is 2.88 bits per heavy atom. The van der Waals surface area contributed by atoms with E-state index in [1.807, 2.05) is 6.07 Å². The molecule has 1 aromatic carbocycles. The summed E-state index contributed by atoms with van der Waals surface area (Å²) < 4.78 is 18.7. The summed E-state index contributed by atoms with van der Waals surface area (Å²) in [5, 5.41) is 3.55. The maximum Gasteiger partial charge on any atom is 0.165 e. The van der Waals surface area contributed by atoms with Gasteiger partial charge in [-0.15, -0.1) is 0 Å². The van der Waals surface area contributed by atoms with Crippen LogP contribution >= 0.6 is 11.6 Å². The van der Waals surface area contributed by atoms with Crippen molar-refractivity contribution >= 4 is 11.6 Å². The molecule has 0 saturated carbocycles. The van der Waals surface area contributed by atoms with Crippen molar-refractivity contribution in [3.63, 3.8) is 0 Å². The lowest BCUT2D eigenvalue weighted by Crippen LogP contribution is -2.13. The number of halogens is 2. The molecule has 0 unspecified atom stereocenters. The molecule has 1 aromatic rings. The number of benzene rings is 1. The first-order valence-corrected chi connectivity index (χ1v) is 5.96. The van der Waals surface area contributed by atoms with Gasteiger partial charge in [-0.2, -0.15) is 0 Å². The molecule has 17 heavy (non-hydrogen) atoms. The Morgan fingerprint density at radius 2 is 2.29 bits per heavy atom. The van der Waals surface area contributed by atoms with Gasteiger partial charge in [-0.1, -0.05) is 31.2 Å². The summed E-state index contributed by atoms with van der Waals surface area (Å²) in [4.78, 5) is 0. The van der Waals surface area contributed by atoms with Crippen molar-refractivity contribution in [3.8, 4) is 5.75 Å². The average molecular weight is 258 g/mol. The van der Waals surface area contributed by atoms with E-state index in [2.05, 4.69) is 18.8 Å². The van der Waals surface area contributed by atoms with E-state index < -0.39 is 0 Å². The van der Waals surface area contributed by atoms with Crippen LogP contribution < -0.4 is 10.1 Å². The van der Waals surface area contributed by atoms with E-state index >= 15 is 0 Å². The van der Waals surface area contributed by atoms with Crippen LogP contribution in [0.25, 0.3) is 0 Å². The summed E-state index contributed by atoms with van der Waals surface area (Å²) in [6.45, 7) is 7.26. The predicted molar refractivity (Wildman–Crippen MR) is 68.9 cm³/mol. The van der Waals surface area contributed by atoms with Gasteiger partial charge in [-0.05, 0) is 30.7 Å². The van der Waals surface area contributed by atoms with Crippen molar-refractivity contribution in [2.24, 2.45) is 0 Å². The molecule has 0 spiro atoms. The van der Waals surface area contributed by atoms with Crippen LogP contribution in [0.5, 0.6) is 5.75 Å². The Labute approximate surface area is 106 Å². The second-order valence-electron chi connectivity index (χ2n) is 3.75. The van der Waals surface area contributed by atoms with Crippen LogP contribution in [0, 0.1) is 5.82 Å². The Bertz CT molecular complexity index is 382. The van der Waals surface area contributed by atoms with Crippen molar-refractivity contribution in [2.45, 2.75) is 19.9 Å². The first-order chi connectivity index (χ1) is 8.13. The van der Waals surface area contributed by atoms with Gasteiger partial charge in [0.2, 0.25) is 0 Å². The van der Waals surface area contributed by atoms with Gasteiger partial charge >= 0.3 is 0 Å². The molecule has 0 aliphatic rings. The first-order valence-electron chi connectivity index (χ1n) is 5.58. The van der Waals surface area contributed by atoms with Gasteiger partial charge in [0.1, 0.15) is 6.61 Å². The maximum absolute atomic E-state index is 13.6. The molecule has 4 heteroatoms. The minimum absolute atomic E-state index is 0.117. The smallest absolute Gasteiger partial charge is 0.165 e. The van der Waals surface area contributed by atoms with Gasteiger partial charge in [0.05, 0.1) is 0 Å². The monoisotopic (exact) mass is 257 g/mol. The highest BCUT2D eigenvalue weighted by molar-refractivity contribution is 6.29. The number of rotatable bonds is 7. The van der Waals surface area contributed by atoms with E-state index in [0.717, 1.165) is 18.5 Å². The van der Waals surface area contributed by atoms with Crippen LogP contribution in [0.2, 0.25) is 0 Å². The molecule has 0 aromatic heterocycles. The molecular formula is C13H17ClFNO. The quantitative estimate of drug-likeness (QED) is 0.756. The standard InChI is InChI=1S/C13H17ClFNO/c1-3-6-16-8-11-4-5-13(12(15)7-11)17-9-10(2)14/h4-5,7,16H,2-3,6,8-9H2,1H3. The fourth-order valence-corrected chi connectivity index (χ4v) is 1.39. The lowest BCUT2D eigenvalue weighted by atomic mass is 10.2. The van der Waals surface area contributed by atoms with Crippen molar-refractivity contribution in [1.82, 2.24) is 5.32 Å². The van der Waals surface area contributed by atoms with E-state index in [9.17, 15) is 4.39 Å². The largest absolute Gasteiger partial charge is 0.485 e. The molecular weight excluding hydrogens is 241 g/mol. The second kappa shape index (κ2) is 7.30. The van der Waals surface area contributed by atoms with Gasteiger partial charge < -0.3 is 10.1 Å². The first kappa shape index (κ1) is 14.0. The Balaban J connectivity index is 2.56. The minimum Gasteiger partial charge on any atom is -0.485 e. The molecule has 94 valence electrons. The van der Waals surface area contributed by atoms with Gasteiger partial charge in [0.25, 0.3) is 0 Å². The summed E-state index contributed by atoms with van der Waals surface area (Å²) in [7, 11) is 0. The van der Waals surface area contributed by atoms with Gasteiger partial charge in [-0.25, -0.2) is 4.39 Å². The van der Waals surface area contributed by atoms with E-state index in [0.29, 0.717) is 11.6 Å². The third-order valence-electron chi connectivity index (χ3n) is 2.14. The van der Waals surface area contributed by atoms with Crippen molar-refractivity contribution in [2.75, 3.05) is 13.2 Å². The Kier molecular flexibility index (Phi) is 6.01. The van der Waals surface area contributed by atoms with Crippen LogP contribution in [0.15, 0.2) is 29.8 Å². The summed E-state index contributed by atoms with van der Waals surface area (Å²) >= 11 is 5.54. The predicted octanol–water partition coefficient (Wildman–Crippen LogP) is 3.46. The number of ether oxygens (including phenoxy) is 1. The summed E-state index contributed by atoms with van der Waals surface area (Å²) in [6, 6.07) is 4.91. The topological polar surface area (TPSA) is 21.3 Å². The fraction of sp³-hybridized carbons (Fsp3) is 0.385. The maximum atomic E-state index is 13.6. The third kappa shape index (κ3) is 5.20. The molecule has 0 amide bonds. The minimum atomic E-state index is -0.376. The Hall–Kier alpha value is -1.06. The highest BCUT2D eigenvalue weighted by atomic mass is 35.5. The second-order valence-corrected chi connectivity index (χ2v) is 4.28. The molecule has 0 saturated heterocycles. The molecule has 2 nitrogen and oxygen atoms in total. The lowest BCUT2D eigenvalue weighted by Gasteiger charge is -2.08. The zero-order valence-electron chi connectivity index (χ0n) is 9.93. The molecule has 0 atom stereocenters. The van der Waals surface area contributed by atoms with Gasteiger partial charge in [0, 0.05) is 11.6 Å². The SMILES string of the molecule is C=C(Cl)COc1ccc(CNCCC)cc1F. The van der Waals surface area contributed by atoms with Gasteiger partial charge in [-0.3, -0.25) is 0 Å². The number of nitrogens with one attached hydrogen (secondary N) is 1. The van der Waals surface area contributed by atoms with E-state index in [-0.39, 0.29) is 18.2 Å². The lowest BCUT2D eigenvalue weighted by molar-refractivity contribution is 0.338. The van der Waals surface area contributed by atoms with Crippen molar-refractivity contribution in [3.05, 3.63) is 41.2 Å². The zero-order valence-corrected chi connectivity index (χ0v) is 10.7.